The van der Waals surface area contributed by atoms with E-state index >= 15 is 0 Å². The molecule has 0 saturated carbocycles. The van der Waals surface area contributed by atoms with Crippen LogP contribution in [0.1, 0.15) is 5.56 Å². The molecule has 2 heterocycles. The Labute approximate surface area is 138 Å². The predicted molar refractivity (Wildman–Crippen MR) is 84.3 cm³/mol. The van der Waals surface area contributed by atoms with Crippen molar-refractivity contribution in [3.05, 3.63) is 35.0 Å². The molecule has 23 heavy (non-hydrogen) atoms. The number of aromatic nitrogens is 2. The molecule has 0 unspecified atom stereocenters. The molecule has 1 aliphatic rings. The van der Waals surface area contributed by atoms with Crippen LogP contribution in [-0.4, -0.2) is 33.2 Å². The minimum absolute atomic E-state index is 0.0389. The Morgan fingerprint density at radius 1 is 1.26 bits per heavy atom. The first-order chi connectivity index (χ1) is 10.6. The van der Waals surface area contributed by atoms with Crippen molar-refractivity contribution in [1.29, 1.82) is 0 Å². The van der Waals surface area contributed by atoms with Gasteiger partial charge in [-0.15, -0.1) is 0 Å². The van der Waals surface area contributed by atoms with Gasteiger partial charge in [0.15, 0.2) is 5.03 Å². The first-order valence-corrected chi connectivity index (χ1v) is 9.85. The topological polar surface area (TPSA) is 115 Å². The van der Waals surface area contributed by atoms with Crippen LogP contribution in [0.4, 0.5) is 5.69 Å². The van der Waals surface area contributed by atoms with E-state index in [9.17, 15) is 16.8 Å². The first kappa shape index (κ1) is 16.2. The van der Waals surface area contributed by atoms with Gasteiger partial charge in [-0.2, -0.15) is 13.5 Å². The summed E-state index contributed by atoms with van der Waals surface area (Å²) in [5.41, 5.74) is 0.910. The van der Waals surface area contributed by atoms with E-state index in [1.165, 1.54) is 40.4 Å². The van der Waals surface area contributed by atoms with Crippen molar-refractivity contribution < 1.29 is 16.8 Å². The maximum absolute atomic E-state index is 12.8. The van der Waals surface area contributed by atoms with E-state index in [2.05, 4.69) is 5.10 Å². The van der Waals surface area contributed by atoms with Crippen LogP contribution in [0.5, 0.6) is 0 Å². The lowest BCUT2D eigenvalue weighted by Crippen LogP contribution is -2.30. The highest BCUT2D eigenvalue weighted by atomic mass is 35.5. The van der Waals surface area contributed by atoms with Gasteiger partial charge < -0.3 is 0 Å². The third-order valence-corrected chi connectivity index (χ3v) is 6.89. The number of benzene rings is 1. The van der Waals surface area contributed by atoms with Crippen molar-refractivity contribution in [2.75, 3.05) is 10.8 Å². The molecular formula is C12H13ClN4O4S2. The number of aryl methyl sites for hydroxylation is 1. The van der Waals surface area contributed by atoms with Crippen LogP contribution in [0.25, 0.3) is 0 Å². The standard InChI is InChI=1S/C12H13ClN4O4S2/c1-16-12(2-4-15-16)23(20,21)17-5-3-8-6-11(22(14,18)19)9(13)7-10(8)17/h2,4,6-7H,3,5H2,1H3,(H2,14,18,19). The van der Waals surface area contributed by atoms with Crippen LogP contribution in [0.15, 0.2) is 34.3 Å². The summed E-state index contributed by atoms with van der Waals surface area (Å²) < 4.78 is 51.0. The number of rotatable bonds is 3. The number of hydrogen-bond acceptors (Lipinski definition) is 5. The monoisotopic (exact) mass is 376 g/mol. The fourth-order valence-corrected chi connectivity index (χ4v) is 5.27. The smallest absolute Gasteiger partial charge is 0.264 e. The molecule has 8 nitrogen and oxygen atoms in total. The summed E-state index contributed by atoms with van der Waals surface area (Å²) in [6.45, 7) is 0.188. The summed E-state index contributed by atoms with van der Waals surface area (Å²) in [5.74, 6) is 0. The Kier molecular flexibility index (Phi) is 3.67. The number of nitrogens with zero attached hydrogens (tertiary/aromatic N) is 3. The third kappa shape index (κ3) is 2.61. The Morgan fingerprint density at radius 3 is 2.52 bits per heavy atom. The van der Waals surface area contributed by atoms with Gasteiger partial charge >= 0.3 is 0 Å². The van der Waals surface area contributed by atoms with Gasteiger partial charge in [0.05, 0.1) is 16.9 Å². The number of anilines is 1. The molecule has 0 saturated heterocycles. The second-order valence-corrected chi connectivity index (χ2v) is 8.82. The Balaban J connectivity index is 2.14. The molecule has 124 valence electrons. The Hall–Kier alpha value is -1.62. The van der Waals surface area contributed by atoms with Gasteiger partial charge in [-0.1, -0.05) is 11.6 Å². The highest BCUT2D eigenvalue weighted by molar-refractivity contribution is 7.92. The molecule has 0 radical (unpaired) electrons. The van der Waals surface area contributed by atoms with Crippen LogP contribution >= 0.6 is 11.6 Å². The number of primary sulfonamides is 1. The van der Waals surface area contributed by atoms with E-state index in [-0.39, 0.29) is 21.5 Å². The molecule has 2 aromatic rings. The second-order valence-electron chi connectivity index (χ2n) is 5.08. The zero-order chi connectivity index (χ0) is 17.0. The van der Waals surface area contributed by atoms with Crippen LogP contribution in [0.2, 0.25) is 5.02 Å². The van der Waals surface area contributed by atoms with Gasteiger partial charge in [0.1, 0.15) is 4.90 Å². The summed E-state index contributed by atoms with van der Waals surface area (Å²) >= 11 is 5.97. The number of sulfonamides is 2. The lowest BCUT2D eigenvalue weighted by molar-refractivity contribution is 0.573. The van der Waals surface area contributed by atoms with Crippen LogP contribution in [0.3, 0.4) is 0 Å². The molecule has 3 rings (SSSR count). The van der Waals surface area contributed by atoms with E-state index in [1.807, 2.05) is 0 Å². The zero-order valence-corrected chi connectivity index (χ0v) is 14.4. The molecule has 1 aromatic heterocycles. The van der Waals surface area contributed by atoms with Gasteiger partial charge in [0.2, 0.25) is 10.0 Å². The largest absolute Gasteiger partial charge is 0.281 e. The lowest BCUT2D eigenvalue weighted by atomic mass is 10.2. The van der Waals surface area contributed by atoms with Crippen LogP contribution in [0, 0.1) is 0 Å². The Morgan fingerprint density at radius 2 is 1.96 bits per heavy atom. The predicted octanol–water partition coefficient (Wildman–Crippen LogP) is 0.472. The van der Waals surface area contributed by atoms with E-state index < -0.39 is 20.0 Å². The average Bonchev–Trinajstić information content (AvgIpc) is 3.02. The molecule has 0 spiro atoms. The van der Waals surface area contributed by atoms with Crippen molar-refractivity contribution in [3.63, 3.8) is 0 Å². The quantitative estimate of drug-likeness (QED) is 0.836. The summed E-state index contributed by atoms with van der Waals surface area (Å²) in [6, 6.07) is 4.04. The minimum Gasteiger partial charge on any atom is -0.264 e. The van der Waals surface area contributed by atoms with Gasteiger partial charge in [-0.3, -0.25) is 8.99 Å². The van der Waals surface area contributed by atoms with E-state index in [0.29, 0.717) is 17.7 Å². The average molecular weight is 377 g/mol. The summed E-state index contributed by atoms with van der Waals surface area (Å²) in [4.78, 5) is -0.210. The first-order valence-electron chi connectivity index (χ1n) is 6.48. The minimum atomic E-state index is -3.97. The molecule has 1 aliphatic heterocycles. The highest BCUT2D eigenvalue weighted by Gasteiger charge is 2.34. The second kappa shape index (κ2) is 5.20. The van der Waals surface area contributed by atoms with Crippen molar-refractivity contribution >= 4 is 37.3 Å². The van der Waals surface area contributed by atoms with E-state index in [0.717, 1.165) is 0 Å². The number of fused-ring (bicyclic) bond motifs is 1. The van der Waals surface area contributed by atoms with Gasteiger partial charge in [0, 0.05) is 13.6 Å². The fraction of sp³-hybridized carbons (Fsp3) is 0.250. The molecule has 0 bridgehead atoms. The number of hydrogen-bond donors (Lipinski definition) is 1. The maximum atomic E-state index is 12.8. The summed E-state index contributed by atoms with van der Waals surface area (Å²) in [6.07, 6.45) is 1.76. The number of nitrogens with two attached hydrogens (primary N) is 1. The van der Waals surface area contributed by atoms with Crippen LogP contribution < -0.4 is 9.44 Å². The SMILES string of the molecule is Cn1nccc1S(=O)(=O)N1CCc2cc(S(N)(=O)=O)c(Cl)cc21. The molecule has 0 fully saturated rings. The van der Waals surface area contributed by atoms with E-state index in [4.69, 9.17) is 16.7 Å². The van der Waals surface area contributed by atoms with Crippen LogP contribution in [-0.2, 0) is 33.5 Å². The van der Waals surface area contributed by atoms with Crippen molar-refractivity contribution in [1.82, 2.24) is 9.78 Å². The van der Waals surface area contributed by atoms with Crippen molar-refractivity contribution in [2.24, 2.45) is 12.2 Å². The van der Waals surface area contributed by atoms with Crippen molar-refractivity contribution in [3.8, 4) is 0 Å². The zero-order valence-electron chi connectivity index (χ0n) is 12.0. The molecule has 1 aromatic carbocycles. The van der Waals surface area contributed by atoms with Gasteiger partial charge in [-0.05, 0) is 30.2 Å². The molecule has 2 N–H and O–H groups in total. The lowest BCUT2D eigenvalue weighted by Gasteiger charge is -2.19. The molecule has 0 aliphatic carbocycles. The van der Waals surface area contributed by atoms with Crippen molar-refractivity contribution in [2.45, 2.75) is 16.3 Å². The molecule has 0 amide bonds. The highest BCUT2D eigenvalue weighted by Crippen LogP contribution is 2.37. The van der Waals surface area contributed by atoms with Gasteiger partial charge in [0.25, 0.3) is 10.0 Å². The molecule has 11 heteroatoms. The normalized spacial score (nSPS) is 15.0. The third-order valence-electron chi connectivity index (χ3n) is 3.62. The van der Waals surface area contributed by atoms with E-state index in [1.54, 1.807) is 0 Å². The maximum Gasteiger partial charge on any atom is 0.281 e. The molecular weight excluding hydrogens is 364 g/mol. The summed E-state index contributed by atoms with van der Waals surface area (Å²) in [5, 5.41) is 8.90. The number of halogens is 1. The molecule has 0 atom stereocenters. The Bertz CT molecular complexity index is 998. The summed E-state index contributed by atoms with van der Waals surface area (Å²) in [7, 11) is -6.25. The fourth-order valence-electron chi connectivity index (χ4n) is 2.56. The van der Waals surface area contributed by atoms with Gasteiger partial charge in [-0.25, -0.2) is 13.6 Å².